The van der Waals surface area contributed by atoms with Crippen LogP contribution >= 0.6 is 0 Å². The van der Waals surface area contributed by atoms with Gasteiger partial charge in [0.1, 0.15) is 0 Å². The van der Waals surface area contributed by atoms with E-state index in [0.717, 1.165) is 12.0 Å². The average Bonchev–Trinajstić information content (AvgIpc) is 2.76. The van der Waals surface area contributed by atoms with Crippen molar-refractivity contribution in [3.8, 4) is 0 Å². The summed E-state index contributed by atoms with van der Waals surface area (Å²) in [5.41, 5.74) is 0.904. The number of hydrogen-bond acceptors (Lipinski definition) is 2. The van der Waals surface area contributed by atoms with E-state index in [9.17, 15) is 14.7 Å². The topological polar surface area (TPSA) is 57.6 Å². The fourth-order valence-corrected chi connectivity index (χ4v) is 2.74. The van der Waals surface area contributed by atoms with Crippen LogP contribution in [0.25, 0.3) is 0 Å². The predicted octanol–water partition coefficient (Wildman–Crippen LogP) is 2.46. The van der Waals surface area contributed by atoms with Gasteiger partial charge < -0.3 is 10.0 Å². The summed E-state index contributed by atoms with van der Waals surface area (Å²) >= 11 is 0. The van der Waals surface area contributed by atoms with E-state index >= 15 is 0 Å². The zero-order valence-electron chi connectivity index (χ0n) is 11.2. The first-order valence-electron chi connectivity index (χ1n) is 6.65. The van der Waals surface area contributed by atoms with E-state index in [1.165, 1.54) is 0 Å². The Morgan fingerprint density at radius 1 is 1.42 bits per heavy atom. The normalized spacial score (nSPS) is 24.5. The second kappa shape index (κ2) is 5.43. The number of carbonyl (C=O) groups excluding carboxylic acids is 1. The minimum Gasteiger partial charge on any atom is -0.481 e. The predicted molar refractivity (Wildman–Crippen MR) is 71.5 cm³/mol. The molecule has 0 bridgehead atoms. The van der Waals surface area contributed by atoms with Crippen LogP contribution < -0.4 is 0 Å². The summed E-state index contributed by atoms with van der Waals surface area (Å²) in [5, 5.41) is 9.36. The third-order valence-electron chi connectivity index (χ3n) is 3.89. The molecule has 1 saturated heterocycles. The Hall–Kier alpha value is -1.84. The van der Waals surface area contributed by atoms with Gasteiger partial charge in [-0.3, -0.25) is 9.59 Å². The zero-order valence-corrected chi connectivity index (χ0v) is 11.2. The van der Waals surface area contributed by atoms with Crippen molar-refractivity contribution in [2.45, 2.75) is 38.8 Å². The van der Waals surface area contributed by atoms with Crippen molar-refractivity contribution in [1.29, 1.82) is 0 Å². The molecule has 4 heteroatoms. The van der Waals surface area contributed by atoms with Crippen molar-refractivity contribution < 1.29 is 14.7 Å². The Labute approximate surface area is 113 Å². The highest BCUT2D eigenvalue weighted by atomic mass is 16.4. The summed E-state index contributed by atoms with van der Waals surface area (Å²) in [5.74, 6) is -1.60. The van der Waals surface area contributed by atoms with Gasteiger partial charge in [-0.2, -0.15) is 0 Å². The van der Waals surface area contributed by atoms with Gasteiger partial charge in [-0.15, -0.1) is 0 Å². The van der Waals surface area contributed by atoms with Crippen LogP contribution in [0.2, 0.25) is 0 Å². The highest BCUT2D eigenvalue weighted by molar-refractivity contribution is 5.87. The zero-order chi connectivity index (χ0) is 14.0. The van der Waals surface area contributed by atoms with Gasteiger partial charge in [0, 0.05) is 12.5 Å². The molecule has 1 fully saturated rings. The van der Waals surface area contributed by atoms with Crippen LogP contribution in [0.4, 0.5) is 0 Å². The first-order chi connectivity index (χ1) is 9.06. The molecule has 1 aromatic rings. The molecule has 0 aliphatic carbocycles. The molecule has 102 valence electrons. The molecule has 1 N–H and O–H groups in total. The molecule has 0 aromatic heterocycles. The largest absolute Gasteiger partial charge is 0.481 e. The maximum absolute atomic E-state index is 12.1. The lowest BCUT2D eigenvalue weighted by atomic mass is 9.93. The Kier molecular flexibility index (Phi) is 3.88. The van der Waals surface area contributed by atoms with Crippen LogP contribution in [0.1, 0.15) is 38.3 Å². The second-order valence-electron chi connectivity index (χ2n) is 5.06. The molecular formula is C15H19NO3. The molecular weight excluding hydrogens is 242 g/mol. The molecule has 0 saturated carbocycles. The number of carboxylic acid groups (broad SMARTS) is 1. The number of carboxylic acids is 1. The lowest BCUT2D eigenvalue weighted by Gasteiger charge is -2.32. The average molecular weight is 261 g/mol. The van der Waals surface area contributed by atoms with E-state index in [-0.39, 0.29) is 24.4 Å². The number of rotatable bonds is 4. The molecule has 1 amide bonds. The summed E-state index contributed by atoms with van der Waals surface area (Å²) in [7, 11) is 0. The van der Waals surface area contributed by atoms with Gasteiger partial charge in [0.2, 0.25) is 5.91 Å². The third kappa shape index (κ3) is 2.48. The fraction of sp³-hybridized carbons (Fsp3) is 0.467. The van der Waals surface area contributed by atoms with E-state index < -0.39 is 11.9 Å². The van der Waals surface area contributed by atoms with Crippen LogP contribution in [0.15, 0.2) is 30.3 Å². The van der Waals surface area contributed by atoms with E-state index in [1.807, 2.05) is 44.2 Å². The van der Waals surface area contributed by atoms with Gasteiger partial charge >= 0.3 is 5.97 Å². The quantitative estimate of drug-likeness (QED) is 0.905. The van der Waals surface area contributed by atoms with Gasteiger partial charge in [0.25, 0.3) is 0 Å². The minimum atomic E-state index is -0.895. The first-order valence-corrected chi connectivity index (χ1v) is 6.65. The third-order valence-corrected chi connectivity index (χ3v) is 3.89. The summed E-state index contributed by atoms with van der Waals surface area (Å²) in [4.78, 5) is 25.3. The number of likely N-dealkylation sites (tertiary alicyclic amines) is 1. The number of hydrogen-bond donors (Lipinski definition) is 1. The van der Waals surface area contributed by atoms with E-state index in [4.69, 9.17) is 0 Å². The summed E-state index contributed by atoms with van der Waals surface area (Å²) < 4.78 is 0. The van der Waals surface area contributed by atoms with Crippen molar-refractivity contribution in [2.75, 3.05) is 0 Å². The Morgan fingerprint density at radius 3 is 2.58 bits per heavy atom. The molecule has 19 heavy (non-hydrogen) atoms. The minimum absolute atomic E-state index is 0.0575. The summed E-state index contributed by atoms with van der Waals surface area (Å²) in [6.07, 6.45) is 0.917. The molecule has 0 spiro atoms. The van der Waals surface area contributed by atoms with Crippen LogP contribution in [0.3, 0.4) is 0 Å². The number of nitrogens with zero attached hydrogens (tertiary/aromatic N) is 1. The molecule has 1 aliphatic rings. The van der Waals surface area contributed by atoms with E-state index in [2.05, 4.69) is 0 Å². The van der Waals surface area contributed by atoms with Crippen molar-refractivity contribution in [2.24, 2.45) is 5.92 Å². The lowest BCUT2D eigenvalue weighted by Crippen LogP contribution is -2.37. The Bertz CT molecular complexity index is 472. The van der Waals surface area contributed by atoms with Gasteiger partial charge in [0.15, 0.2) is 0 Å². The number of amides is 1. The highest BCUT2D eigenvalue weighted by Gasteiger charge is 2.45. The first kappa shape index (κ1) is 13.6. The molecule has 2 rings (SSSR count). The van der Waals surface area contributed by atoms with Gasteiger partial charge in [-0.25, -0.2) is 0 Å². The molecule has 4 nitrogen and oxygen atoms in total. The van der Waals surface area contributed by atoms with E-state index in [0.29, 0.717) is 0 Å². The number of aliphatic carboxylic acids is 1. The van der Waals surface area contributed by atoms with Gasteiger partial charge in [-0.1, -0.05) is 37.3 Å². The molecule has 3 atom stereocenters. The Morgan fingerprint density at radius 2 is 2.05 bits per heavy atom. The highest BCUT2D eigenvalue weighted by Crippen LogP contribution is 2.40. The Balaban J connectivity index is 2.42. The standard InChI is InChI=1S/C15H19NO3/c1-3-10(2)16-13(17)9-12(15(18)19)14(16)11-7-5-4-6-8-11/h4-8,10,12,14H,3,9H2,1-2H3,(H,18,19)/t10-,12+,14-/m0/s1. The monoisotopic (exact) mass is 261 g/mol. The van der Waals surface area contributed by atoms with E-state index in [1.54, 1.807) is 4.90 Å². The molecule has 0 unspecified atom stereocenters. The van der Waals surface area contributed by atoms with Crippen LogP contribution in [-0.4, -0.2) is 27.9 Å². The van der Waals surface area contributed by atoms with Crippen LogP contribution in [-0.2, 0) is 9.59 Å². The van der Waals surface area contributed by atoms with Crippen molar-refractivity contribution in [3.63, 3.8) is 0 Å². The smallest absolute Gasteiger partial charge is 0.309 e. The maximum atomic E-state index is 12.1. The molecule has 0 radical (unpaired) electrons. The van der Waals surface area contributed by atoms with Gasteiger partial charge in [0.05, 0.1) is 12.0 Å². The molecule has 1 heterocycles. The van der Waals surface area contributed by atoms with Gasteiger partial charge in [-0.05, 0) is 18.9 Å². The molecule has 1 aromatic carbocycles. The summed E-state index contributed by atoms with van der Waals surface area (Å²) in [6, 6.07) is 9.16. The van der Waals surface area contributed by atoms with Crippen molar-refractivity contribution in [3.05, 3.63) is 35.9 Å². The fourth-order valence-electron chi connectivity index (χ4n) is 2.74. The number of benzene rings is 1. The molecule has 1 aliphatic heterocycles. The summed E-state index contributed by atoms with van der Waals surface area (Å²) in [6.45, 7) is 3.98. The lowest BCUT2D eigenvalue weighted by molar-refractivity contribution is -0.142. The van der Waals surface area contributed by atoms with Crippen molar-refractivity contribution in [1.82, 2.24) is 4.90 Å². The maximum Gasteiger partial charge on any atom is 0.309 e. The van der Waals surface area contributed by atoms with Crippen molar-refractivity contribution >= 4 is 11.9 Å². The number of carbonyl (C=O) groups is 2. The SMILES string of the molecule is CC[C@H](C)N1C(=O)C[C@@H](C(=O)O)[C@@H]1c1ccccc1. The second-order valence-corrected chi connectivity index (χ2v) is 5.06. The van der Waals surface area contributed by atoms with Crippen LogP contribution in [0.5, 0.6) is 0 Å². The van der Waals surface area contributed by atoms with Crippen LogP contribution in [0, 0.1) is 5.92 Å².